The molecule has 1 aromatic rings. The van der Waals surface area contributed by atoms with Gasteiger partial charge in [-0.05, 0) is 22.8 Å². The Morgan fingerprint density at radius 2 is 1.76 bits per heavy atom. The second-order valence-electron chi connectivity index (χ2n) is 8.66. The van der Waals surface area contributed by atoms with E-state index >= 15 is 0 Å². The summed E-state index contributed by atoms with van der Waals surface area (Å²) in [5.41, 5.74) is 2.27. The predicted molar refractivity (Wildman–Crippen MR) is 89.3 cm³/mol. The molecule has 2 nitrogen and oxygen atoms in total. The minimum Gasteiger partial charge on any atom is -0.310 e. The van der Waals surface area contributed by atoms with E-state index in [9.17, 15) is 0 Å². The van der Waals surface area contributed by atoms with Crippen LogP contribution in [0.3, 0.4) is 0 Å². The van der Waals surface area contributed by atoms with Crippen molar-refractivity contribution in [2.75, 3.05) is 13.1 Å². The van der Waals surface area contributed by atoms with E-state index in [4.69, 9.17) is 0 Å². The number of nitrogens with one attached hydrogen (secondary N) is 1. The van der Waals surface area contributed by atoms with Crippen LogP contribution in [0.4, 0.5) is 0 Å². The first-order valence-corrected chi connectivity index (χ1v) is 8.33. The molecule has 116 valence electrons. The van der Waals surface area contributed by atoms with E-state index in [1.807, 2.05) is 0 Å². The maximum atomic E-state index is 3.81. The third-order valence-electron chi connectivity index (χ3n) is 5.44. The van der Waals surface area contributed by atoms with Crippen molar-refractivity contribution < 1.29 is 0 Å². The van der Waals surface area contributed by atoms with Gasteiger partial charge < -0.3 is 5.32 Å². The lowest BCUT2D eigenvalue weighted by molar-refractivity contribution is 0.0691. The molecular formula is C19H30N2. The maximum absolute atomic E-state index is 3.81. The Hall–Kier alpha value is -0.860. The summed E-state index contributed by atoms with van der Waals surface area (Å²) in [5.74, 6) is 0. The highest BCUT2D eigenvalue weighted by molar-refractivity contribution is 5.22. The van der Waals surface area contributed by atoms with E-state index in [1.165, 1.54) is 12.0 Å². The first-order chi connectivity index (χ1) is 9.79. The monoisotopic (exact) mass is 286 g/mol. The predicted octanol–water partition coefficient (Wildman–Crippen LogP) is 3.85. The van der Waals surface area contributed by atoms with Crippen LogP contribution in [0.2, 0.25) is 0 Å². The van der Waals surface area contributed by atoms with Gasteiger partial charge in [-0.1, -0.05) is 65.0 Å². The summed E-state index contributed by atoms with van der Waals surface area (Å²) in [7, 11) is 0. The van der Waals surface area contributed by atoms with Crippen molar-refractivity contribution in [3.05, 3.63) is 35.9 Å². The number of benzene rings is 1. The first-order valence-electron chi connectivity index (χ1n) is 8.33. The molecule has 1 N–H and O–H groups in total. The van der Waals surface area contributed by atoms with Crippen molar-refractivity contribution in [3.8, 4) is 0 Å². The molecule has 3 atom stereocenters. The van der Waals surface area contributed by atoms with E-state index in [0.29, 0.717) is 22.9 Å². The molecule has 1 heterocycles. The zero-order chi connectivity index (χ0) is 15.3. The average Bonchev–Trinajstić information content (AvgIpc) is 3.07. The lowest BCUT2D eigenvalue weighted by Gasteiger charge is -2.46. The molecule has 1 aliphatic carbocycles. The summed E-state index contributed by atoms with van der Waals surface area (Å²) in [6.07, 6.45) is 1.34. The van der Waals surface area contributed by atoms with Crippen LogP contribution in [0.1, 0.15) is 52.6 Å². The number of nitrogens with zero attached hydrogens (tertiary/aromatic N) is 1. The molecule has 3 unspecified atom stereocenters. The number of hydrogen-bond donors (Lipinski definition) is 1. The molecule has 0 amide bonds. The van der Waals surface area contributed by atoms with Crippen LogP contribution in [0.15, 0.2) is 30.3 Å². The van der Waals surface area contributed by atoms with Crippen molar-refractivity contribution in [3.63, 3.8) is 0 Å². The third kappa shape index (κ3) is 3.02. The molecule has 2 fully saturated rings. The Morgan fingerprint density at radius 1 is 1.14 bits per heavy atom. The van der Waals surface area contributed by atoms with Crippen LogP contribution in [0.5, 0.6) is 0 Å². The zero-order valence-electron chi connectivity index (χ0n) is 14.2. The molecule has 2 aliphatic rings. The van der Waals surface area contributed by atoms with Gasteiger partial charge in [0, 0.05) is 31.2 Å². The van der Waals surface area contributed by atoms with Gasteiger partial charge in [0.05, 0.1) is 0 Å². The highest BCUT2D eigenvalue weighted by Gasteiger charge is 2.52. The van der Waals surface area contributed by atoms with E-state index in [-0.39, 0.29) is 0 Å². The first kappa shape index (κ1) is 15.1. The quantitative estimate of drug-likeness (QED) is 0.888. The number of rotatable bonds is 2. The van der Waals surface area contributed by atoms with Crippen LogP contribution in [-0.2, 0) is 0 Å². The van der Waals surface area contributed by atoms with E-state index in [1.54, 1.807) is 0 Å². The summed E-state index contributed by atoms with van der Waals surface area (Å²) >= 11 is 0. The maximum Gasteiger partial charge on any atom is 0.0476 e. The van der Waals surface area contributed by atoms with Crippen LogP contribution in [0, 0.1) is 10.8 Å². The SMILES string of the molecule is CC(C)(C)C1CN(C2CC2(C)C)C(c2ccccc2)CN1. The zero-order valence-corrected chi connectivity index (χ0v) is 14.2. The minimum atomic E-state index is 0.318. The van der Waals surface area contributed by atoms with Gasteiger partial charge in [0.1, 0.15) is 0 Å². The van der Waals surface area contributed by atoms with Gasteiger partial charge in [-0.25, -0.2) is 0 Å². The fourth-order valence-electron chi connectivity index (χ4n) is 3.69. The smallest absolute Gasteiger partial charge is 0.0476 e. The van der Waals surface area contributed by atoms with E-state index in [0.717, 1.165) is 19.1 Å². The lowest BCUT2D eigenvalue weighted by atomic mass is 9.84. The largest absolute Gasteiger partial charge is 0.310 e. The summed E-state index contributed by atoms with van der Waals surface area (Å²) in [6.45, 7) is 14.1. The van der Waals surface area contributed by atoms with Crippen molar-refractivity contribution in [1.29, 1.82) is 0 Å². The fraction of sp³-hybridized carbons (Fsp3) is 0.684. The van der Waals surface area contributed by atoms with Gasteiger partial charge in [-0.2, -0.15) is 0 Å². The minimum absolute atomic E-state index is 0.318. The van der Waals surface area contributed by atoms with Gasteiger partial charge in [-0.3, -0.25) is 4.90 Å². The molecule has 1 saturated heterocycles. The Morgan fingerprint density at radius 3 is 2.29 bits per heavy atom. The molecule has 2 heteroatoms. The Balaban J connectivity index is 1.84. The number of piperazine rings is 1. The van der Waals surface area contributed by atoms with Crippen LogP contribution in [-0.4, -0.2) is 30.1 Å². The summed E-state index contributed by atoms with van der Waals surface area (Å²) < 4.78 is 0. The highest BCUT2D eigenvalue weighted by atomic mass is 15.3. The summed E-state index contributed by atoms with van der Waals surface area (Å²) in [4.78, 5) is 2.78. The second kappa shape index (κ2) is 5.10. The third-order valence-corrected chi connectivity index (χ3v) is 5.44. The van der Waals surface area contributed by atoms with Crippen molar-refractivity contribution >= 4 is 0 Å². The highest BCUT2D eigenvalue weighted by Crippen LogP contribution is 2.51. The van der Waals surface area contributed by atoms with Crippen LogP contribution in [0.25, 0.3) is 0 Å². The molecule has 1 aliphatic heterocycles. The standard InChI is InChI=1S/C19H30N2/c1-18(2,3)16-13-21(17-11-19(17,4)5)15(12-20-16)14-9-7-6-8-10-14/h6-10,15-17,20H,11-13H2,1-5H3. The van der Waals surface area contributed by atoms with Crippen molar-refractivity contribution in [2.24, 2.45) is 10.8 Å². The fourth-order valence-corrected chi connectivity index (χ4v) is 3.69. The molecule has 0 radical (unpaired) electrons. The summed E-state index contributed by atoms with van der Waals surface area (Å²) in [6, 6.07) is 12.9. The molecule has 3 rings (SSSR count). The van der Waals surface area contributed by atoms with E-state index in [2.05, 4.69) is 75.2 Å². The van der Waals surface area contributed by atoms with E-state index < -0.39 is 0 Å². The van der Waals surface area contributed by atoms with Crippen LogP contribution >= 0.6 is 0 Å². The Kier molecular flexibility index (Phi) is 3.66. The van der Waals surface area contributed by atoms with Crippen molar-refractivity contribution in [1.82, 2.24) is 10.2 Å². The van der Waals surface area contributed by atoms with Gasteiger partial charge in [0.25, 0.3) is 0 Å². The van der Waals surface area contributed by atoms with Gasteiger partial charge in [0.2, 0.25) is 0 Å². The van der Waals surface area contributed by atoms with Crippen LogP contribution < -0.4 is 5.32 Å². The van der Waals surface area contributed by atoms with Gasteiger partial charge >= 0.3 is 0 Å². The topological polar surface area (TPSA) is 15.3 Å². The molecule has 0 spiro atoms. The molecule has 0 bridgehead atoms. The molecule has 21 heavy (non-hydrogen) atoms. The molecule has 1 saturated carbocycles. The molecular weight excluding hydrogens is 256 g/mol. The Bertz CT molecular complexity index is 486. The van der Waals surface area contributed by atoms with Crippen molar-refractivity contribution in [2.45, 2.75) is 59.2 Å². The summed E-state index contributed by atoms with van der Waals surface area (Å²) in [5, 5.41) is 3.81. The molecule has 1 aromatic carbocycles. The lowest BCUT2D eigenvalue weighted by Crippen LogP contribution is -2.57. The second-order valence-corrected chi connectivity index (χ2v) is 8.66. The normalized spacial score (nSPS) is 32.9. The molecule has 0 aromatic heterocycles. The van der Waals surface area contributed by atoms with Gasteiger partial charge in [0.15, 0.2) is 0 Å². The Labute approximate surface area is 129 Å². The number of hydrogen-bond acceptors (Lipinski definition) is 2. The average molecular weight is 286 g/mol. The van der Waals surface area contributed by atoms with Gasteiger partial charge in [-0.15, -0.1) is 0 Å².